The van der Waals surface area contributed by atoms with Crippen molar-refractivity contribution < 1.29 is 8.42 Å². The zero-order chi connectivity index (χ0) is 16.3. The first kappa shape index (κ1) is 16.5. The second-order valence-corrected chi connectivity index (χ2v) is 7.01. The monoisotopic (exact) mass is 321 g/mol. The third-order valence-corrected chi connectivity index (χ3v) is 4.84. The van der Waals surface area contributed by atoms with Gasteiger partial charge in [0.2, 0.25) is 0 Å². The Morgan fingerprint density at radius 2 is 1.86 bits per heavy atom. The lowest BCUT2D eigenvalue weighted by atomic mass is 10.1. The van der Waals surface area contributed by atoms with E-state index in [1.54, 1.807) is 25.5 Å². The van der Waals surface area contributed by atoms with Crippen molar-refractivity contribution in [3.05, 3.63) is 42.0 Å². The van der Waals surface area contributed by atoms with Gasteiger partial charge in [-0.3, -0.25) is 4.98 Å². The second-order valence-electron chi connectivity index (χ2n) is 5.10. The van der Waals surface area contributed by atoms with Crippen LogP contribution < -0.4 is 4.72 Å². The zero-order valence-electron chi connectivity index (χ0n) is 13.0. The molecular formula is C14H19N5O2S. The fourth-order valence-corrected chi connectivity index (χ4v) is 2.72. The summed E-state index contributed by atoms with van der Waals surface area (Å²) in [7, 11) is -0.551. The van der Waals surface area contributed by atoms with E-state index in [-0.39, 0.29) is 0 Å². The largest absolute Gasteiger partial charge is 0.279 e. The second kappa shape index (κ2) is 6.47. The Kier molecular flexibility index (Phi) is 4.84. The molecule has 0 amide bonds. The van der Waals surface area contributed by atoms with Crippen molar-refractivity contribution >= 4 is 10.2 Å². The van der Waals surface area contributed by atoms with E-state index in [1.165, 1.54) is 14.1 Å². The SMILES string of the molecule is Cc1nc(-c2ccncc2)ncc1[C@H](C)NS(=O)(=O)N(C)C. The highest BCUT2D eigenvalue weighted by atomic mass is 32.2. The number of pyridine rings is 1. The van der Waals surface area contributed by atoms with Crippen LogP contribution in [0.2, 0.25) is 0 Å². The Morgan fingerprint density at radius 3 is 2.41 bits per heavy atom. The summed E-state index contributed by atoms with van der Waals surface area (Å²) in [4.78, 5) is 12.7. The number of rotatable bonds is 5. The molecule has 1 atom stereocenters. The van der Waals surface area contributed by atoms with Gasteiger partial charge in [0.1, 0.15) is 0 Å². The van der Waals surface area contributed by atoms with Crippen LogP contribution in [-0.2, 0) is 10.2 Å². The summed E-state index contributed by atoms with van der Waals surface area (Å²) in [6.07, 6.45) is 5.01. The molecule has 1 N–H and O–H groups in total. The average Bonchev–Trinajstić information content (AvgIpc) is 2.47. The number of hydrogen-bond acceptors (Lipinski definition) is 5. The van der Waals surface area contributed by atoms with Crippen molar-refractivity contribution in [1.29, 1.82) is 0 Å². The summed E-state index contributed by atoms with van der Waals surface area (Å²) < 4.78 is 27.5. The van der Waals surface area contributed by atoms with Crippen molar-refractivity contribution in [3.8, 4) is 11.4 Å². The van der Waals surface area contributed by atoms with Crippen molar-refractivity contribution in [2.75, 3.05) is 14.1 Å². The molecule has 2 aromatic rings. The summed E-state index contributed by atoms with van der Waals surface area (Å²) in [5.41, 5.74) is 2.34. The Hall–Kier alpha value is -1.90. The van der Waals surface area contributed by atoms with Gasteiger partial charge in [-0.15, -0.1) is 0 Å². The van der Waals surface area contributed by atoms with Gasteiger partial charge >= 0.3 is 0 Å². The first-order valence-electron chi connectivity index (χ1n) is 6.75. The standard InChI is InChI=1S/C14H19N5O2S/c1-10-13(11(2)18-22(20,21)19(3)4)9-16-14(17-10)12-5-7-15-8-6-12/h5-9,11,18H,1-4H3/t11-/m0/s1. The molecule has 0 saturated heterocycles. The van der Waals surface area contributed by atoms with E-state index in [1.807, 2.05) is 19.1 Å². The Bertz CT molecular complexity index is 747. The fourth-order valence-electron chi connectivity index (χ4n) is 1.93. The van der Waals surface area contributed by atoms with Crippen molar-refractivity contribution in [1.82, 2.24) is 24.0 Å². The van der Waals surface area contributed by atoms with Gasteiger partial charge in [-0.25, -0.2) is 9.97 Å². The fraction of sp³-hybridized carbons (Fsp3) is 0.357. The lowest BCUT2D eigenvalue weighted by molar-refractivity contribution is 0.494. The molecule has 0 bridgehead atoms. The maximum absolute atomic E-state index is 11.9. The molecule has 0 aliphatic heterocycles. The average molecular weight is 321 g/mol. The minimum Gasteiger partial charge on any atom is -0.265 e. The van der Waals surface area contributed by atoms with Crippen molar-refractivity contribution in [2.24, 2.45) is 0 Å². The van der Waals surface area contributed by atoms with E-state index in [2.05, 4.69) is 19.7 Å². The molecule has 2 aromatic heterocycles. The highest BCUT2D eigenvalue weighted by molar-refractivity contribution is 7.87. The summed E-state index contributed by atoms with van der Waals surface area (Å²) in [5.74, 6) is 0.589. The van der Waals surface area contributed by atoms with Gasteiger partial charge in [-0.2, -0.15) is 17.4 Å². The predicted molar refractivity (Wildman–Crippen MR) is 84.2 cm³/mol. The van der Waals surface area contributed by atoms with Crippen LogP contribution in [0.5, 0.6) is 0 Å². The van der Waals surface area contributed by atoms with E-state index in [0.717, 1.165) is 21.1 Å². The molecule has 0 unspecified atom stereocenters. The number of nitrogens with zero attached hydrogens (tertiary/aromatic N) is 4. The maximum atomic E-state index is 11.9. The molecular weight excluding hydrogens is 302 g/mol. The van der Waals surface area contributed by atoms with Gasteiger partial charge in [0.15, 0.2) is 5.82 Å². The van der Waals surface area contributed by atoms with Crippen LogP contribution in [0.15, 0.2) is 30.7 Å². The molecule has 0 aromatic carbocycles. The Morgan fingerprint density at radius 1 is 1.23 bits per heavy atom. The Labute approximate surface area is 130 Å². The quantitative estimate of drug-likeness (QED) is 0.897. The highest BCUT2D eigenvalue weighted by Crippen LogP contribution is 2.20. The zero-order valence-corrected chi connectivity index (χ0v) is 13.8. The molecule has 0 saturated carbocycles. The minimum atomic E-state index is -3.51. The van der Waals surface area contributed by atoms with Crippen LogP contribution >= 0.6 is 0 Å². The molecule has 7 nitrogen and oxygen atoms in total. The van der Waals surface area contributed by atoms with Gasteiger partial charge in [0.25, 0.3) is 10.2 Å². The summed E-state index contributed by atoms with van der Waals surface area (Å²) >= 11 is 0. The molecule has 0 spiro atoms. The van der Waals surface area contributed by atoms with Gasteiger partial charge in [0.05, 0.1) is 0 Å². The van der Waals surface area contributed by atoms with E-state index in [9.17, 15) is 8.42 Å². The van der Waals surface area contributed by atoms with Crippen molar-refractivity contribution in [2.45, 2.75) is 19.9 Å². The van der Waals surface area contributed by atoms with Gasteiger partial charge in [-0.05, 0) is 26.0 Å². The normalized spacial score (nSPS) is 13.3. The van der Waals surface area contributed by atoms with Crippen LogP contribution in [0.25, 0.3) is 11.4 Å². The van der Waals surface area contributed by atoms with E-state index >= 15 is 0 Å². The number of nitrogens with one attached hydrogen (secondary N) is 1. The van der Waals surface area contributed by atoms with E-state index in [0.29, 0.717) is 5.82 Å². The maximum Gasteiger partial charge on any atom is 0.279 e. The van der Waals surface area contributed by atoms with Gasteiger partial charge in [0, 0.05) is 55.5 Å². The lowest BCUT2D eigenvalue weighted by Crippen LogP contribution is -2.37. The van der Waals surface area contributed by atoms with Crippen LogP contribution in [0, 0.1) is 6.92 Å². The summed E-state index contributed by atoms with van der Waals surface area (Å²) in [5, 5.41) is 0. The third kappa shape index (κ3) is 3.65. The first-order valence-corrected chi connectivity index (χ1v) is 8.19. The van der Waals surface area contributed by atoms with Crippen LogP contribution in [-0.4, -0.2) is 41.8 Å². The van der Waals surface area contributed by atoms with Crippen LogP contribution in [0.4, 0.5) is 0 Å². The van der Waals surface area contributed by atoms with Gasteiger partial charge in [-0.1, -0.05) is 0 Å². The Balaban J connectivity index is 2.27. The minimum absolute atomic E-state index is 0.418. The molecule has 2 heterocycles. The summed E-state index contributed by atoms with van der Waals surface area (Å²) in [6.45, 7) is 3.60. The lowest BCUT2D eigenvalue weighted by Gasteiger charge is -2.19. The van der Waals surface area contributed by atoms with E-state index in [4.69, 9.17) is 0 Å². The number of hydrogen-bond donors (Lipinski definition) is 1. The molecule has 2 rings (SSSR count). The molecule has 22 heavy (non-hydrogen) atoms. The molecule has 118 valence electrons. The number of aromatic nitrogens is 3. The van der Waals surface area contributed by atoms with Crippen molar-refractivity contribution in [3.63, 3.8) is 0 Å². The molecule has 0 fully saturated rings. The van der Waals surface area contributed by atoms with Gasteiger partial charge < -0.3 is 0 Å². The first-order chi connectivity index (χ1) is 10.3. The number of aryl methyl sites for hydroxylation is 1. The smallest absolute Gasteiger partial charge is 0.265 e. The molecule has 0 aliphatic rings. The molecule has 0 aliphatic carbocycles. The third-order valence-electron chi connectivity index (χ3n) is 3.23. The van der Waals surface area contributed by atoms with Crippen LogP contribution in [0.3, 0.4) is 0 Å². The molecule has 0 radical (unpaired) electrons. The highest BCUT2D eigenvalue weighted by Gasteiger charge is 2.20. The van der Waals surface area contributed by atoms with E-state index < -0.39 is 16.3 Å². The predicted octanol–water partition coefficient (Wildman–Crippen LogP) is 1.30. The summed E-state index contributed by atoms with van der Waals surface area (Å²) in [6, 6.07) is 3.23. The molecule has 8 heteroatoms. The topological polar surface area (TPSA) is 88.1 Å². The van der Waals surface area contributed by atoms with Crippen LogP contribution in [0.1, 0.15) is 24.2 Å².